The van der Waals surface area contributed by atoms with Gasteiger partial charge in [-0.15, -0.1) is 0 Å². The summed E-state index contributed by atoms with van der Waals surface area (Å²) < 4.78 is 0. The molecular formula is C11H8Cl2N2. The van der Waals surface area contributed by atoms with Gasteiger partial charge in [-0.25, -0.2) is 4.98 Å². The lowest BCUT2D eigenvalue weighted by Gasteiger charge is -2.04. The Morgan fingerprint density at radius 3 is 2.67 bits per heavy atom. The summed E-state index contributed by atoms with van der Waals surface area (Å²) in [5.41, 5.74) is 2.39. The molecule has 0 saturated heterocycles. The van der Waals surface area contributed by atoms with Crippen molar-refractivity contribution in [3.63, 3.8) is 0 Å². The van der Waals surface area contributed by atoms with Crippen molar-refractivity contribution in [1.82, 2.24) is 9.97 Å². The summed E-state index contributed by atoms with van der Waals surface area (Å²) in [6.45, 7) is 1.88. The van der Waals surface area contributed by atoms with E-state index in [1.165, 1.54) is 0 Å². The highest BCUT2D eigenvalue weighted by Gasteiger charge is 2.06. The summed E-state index contributed by atoms with van der Waals surface area (Å²) in [5.74, 6) is 0. The van der Waals surface area contributed by atoms with Gasteiger partial charge in [0.1, 0.15) is 0 Å². The molecule has 0 fully saturated rings. The molecule has 0 bridgehead atoms. The lowest BCUT2D eigenvalue weighted by molar-refractivity contribution is 1.12. The number of hydrogen-bond donors (Lipinski definition) is 0. The van der Waals surface area contributed by atoms with Crippen LogP contribution in [-0.2, 0) is 0 Å². The zero-order valence-corrected chi connectivity index (χ0v) is 9.55. The highest BCUT2D eigenvalue weighted by atomic mass is 35.5. The van der Waals surface area contributed by atoms with E-state index in [4.69, 9.17) is 23.2 Å². The summed E-state index contributed by atoms with van der Waals surface area (Å²) in [6, 6.07) is 5.28. The second-order valence-electron chi connectivity index (χ2n) is 3.17. The third-order valence-corrected chi connectivity index (χ3v) is 2.52. The quantitative estimate of drug-likeness (QED) is 0.757. The molecule has 1 aromatic carbocycles. The predicted molar refractivity (Wildman–Crippen MR) is 62.2 cm³/mol. The van der Waals surface area contributed by atoms with E-state index in [0.29, 0.717) is 10.0 Å². The van der Waals surface area contributed by atoms with Crippen LogP contribution in [0.3, 0.4) is 0 Å². The van der Waals surface area contributed by atoms with Gasteiger partial charge in [-0.05, 0) is 25.1 Å². The fraction of sp³-hybridized carbons (Fsp3) is 0.0909. The van der Waals surface area contributed by atoms with E-state index in [1.807, 2.05) is 6.92 Å². The van der Waals surface area contributed by atoms with Crippen molar-refractivity contribution >= 4 is 23.2 Å². The molecule has 0 amide bonds. The molecule has 76 valence electrons. The average Bonchev–Trinajstić information content (AvgIpc) is 2.22. The summed E-state index contributed by atoms with van der Waals surface area (Å²) in [7, 11) is 0. The molecule has 0 atom stereocenters. The molecule has 0 unspecified atom stereocenters. The van der Waals surface area contributed by atoms with Crippen molar-refractivity contribution in [3.8, 4) is 11.3 Å². The van der Waals surface area contributed by atoms with Gasteiger partial charge in [-0.3, -0.25) is 4.98 Å². The van der Waals surface area contributed by atoms with Crippen molar-refractivity contribution in [1.29, 1.82) is 0 Å². The molecule has 2 rings (SSSR count). The van der Waals surface area contributed by atoms with Gasteiger partial charge < -0.3 is 0 Å². The van der Waals surface area contributed by atoms with Gasteiger partial charge in [-0.1, -0.05) is 23.2 Å². The van der Waals surface area contributed by atoms with E-state index >= 15 is 0 Å². The molecule has 0 aliphatic rings. The fourth-order valence-corrected chi connectivity index (χ4v) is 1.67. The van der Waals surface area contributed by atoms with Crippen LogP contribution in [0.1, 0.15) is 5.69 Å². The third-order valence-electron chi connectivity index (χ3n) is 1.96. The molecule has 0 saturated carbocycles. The largest absolute Gasteiger partial charge is 0.261 e. The molecule has 2 aromatic rings. The second-order valence-corrected chi connectivity index (χ2v) is 4.01. The lowest BCUT2D eigenvalue weighted by atomic mass is 10.1. The molecule has 1 aromatic heterocycles. The predicted octanol–water partition coefficient (Wildman–Crippen LogP) is 3.76. The zero-order chi connectivity index (χ0) is 10.8. The first kappa shape index (κ1) is 10.4. The summed E-state index contributed by atoms with van der Waals surface area (Å²) >= 11 is 12.0. The molecule has 1 heterocycles. The summed E-state index contributed by atoms with van der Waals surface area (Å²) in [5, 5.41) is 1.26. The number of hydrogen-bond acceptors (Lipinski definition) is 2. The zero-order valence-electron chi connectivity index (χ0n) is 8.04. The molecule has 15 heavy (non-hydrogen) atoms. The molecule has 0 aliphatic carbocycles. The van der Waals surface area contributed by atoms with Gasteiger partial charge >= 0.3 is 0 Å². The Morgan fingerprint density at radius 1 is 1.13 bits per heavy atom. The molecule has 0 aliphatic heterocycles. The minimum Gasteiger partial charge on any atom is -0.261 e. The number of benzene rings is 1. The first-order valence-corrected chi connectivity index (χ1v) is 5.16. The van der Waals surface area contributed by atoms with E-state index in [9.17, 15) is 0 Å². The second kappa shape index (κ2) is 4.17. The normalized spacial score (nSPS) is 10.3. The van der Waals surface area contributed by atoms with Crippen LogP contribution in [0.15, 0.2) is 30.6 Å². The SMILES string of the molecule is Cc1cncc(-c2cc(Cl)ccc2Cl)n1. The Bertz CT molecular complexity index is 498. The van der Waals surface area contributed by atoms with E-state index < -0.39 is 0 Å². The first-order chi connectivity index (χ1) is 7.16. The van der Waals surface area contributed by atoms with Crippen molar-refractivity contribution < 1.29 is 0 Å². The first-order valence-electron chi connectivity index (χ1n) is 4.41. The van der Waals surface area contributed by atoms with E-state index in [1.54, 1.807) is 30.6 Å². The highest BCUT2D eigenvalue weighted by molar-refractivity contribution is 6.35. The maximum absolute atomic E-state index is 6.06. The number of aromatic nitrogens is 2. The molecular weight excluding hydrogens is 231 g/mol. The third kappa shape index (κ3) is 2.28. The fourth-order valence-electron chi connectivity index (χ4n) is 1.29. The highest BCUT2D eigenvalue weighted by Crippen LogP contribution is 2.28. The van der Waals surface area contributed by atoms with E-state index in [2.05, 4.69) is 9.97 Å². The van der Waals surface area contributed by atoms with Gasteiger partial charge in [0.25, 0.3) is 0 Å². The minimum atomic E-state index is 0.624. The van der Waals surface area contributed by atoms with Crippen LogP contribution >= 0.6 is 23.2 Å². The Labute approximate surface area is 97.9 Å². The maximum atomic E-state index is 6.06. The Morgan fingerprint density at radius 2 is 1.93 bits per heavy atom. The van der Waals surface area contributed by atoms with Crippen LogP contribution in [0.2, 0.25) is 10.0 Å². The number of halogens is 2. The van der Waals surface area contributed by atoms with Crippen molar-refractivity contribution in [3.05, 3.63) is 46.3 Å². The summed E-state index contributed by atoms with van der Waals surface area (Å²) in [6.07, 6.45) is 3.37. The van der Waals surface area contributed by atoms with Crippen LogP contribution in [0, 0.1) is 6.92 Å². The summed E-state index contributed by atoms with van der Waals surface area (Å²) in [4.78, 5) is 8.41. The van der Waals surface area contributed by atoms with Crippen LogP contribution in [-0.4, -0.2) is 9.97 Å². The van der Waals surface area contributed by atoms with Gasteiger partial charge in [0.05, 0.1) is 22.6 Å². The van der Waals surface area contributed by atoms with Crippen LogP contribution < -0.4 is 0 Å². The Balaban J connectivity index is 2.58. The van der Waals surface area contributed by atoms with Gasteiger partial charge in [0, 0.05) is 16.8 Å². The van der Waals surface area contributed by atoms with Crippen molar-refractivity contribution in [2.45, 2.75) is 6.92 Å². The van der Waals surface area contributed by atoms with Crippen LogP contribution in [0.25, 0.3) is 11.3 Å². The van der Waals surface area contributed by atoms with Crippen molar-refractivity contribution in [2.24, 2.45) is 0 Å². The topological polar surface area (TPSA) is 25.8 Å². The van der Waals surface area contributed by atoms with Gasteiger partial charge in [-0.2, -0.15) is 0 Å². The van der Waals surface area contributed by atoms with Crippen LogP contribution in [0.4, 0.5) is 0 Å². The smallest absolute Gasteiger partial charge is 0.0903 e. The molecule has 0 spiro atoms. The average molecular weight is 239 g/mol. The number of rotatable bonds is 1. The molecule has 2 nitrogen and oxygen atoms in total. The van der Waals surface area contributed by atoms with E-state index in [-0.39, 0.29) is 0 Å². The van der Waals surface area contributed by atoms with Gasteiger partial charge in [0.15, 0.2) is 0 Å². The lowest BCUT2D eigenvalue weighted by Crippen LogP contribution is -1.89. The number of nitrogens with zero attached hydrogens (tertiary/aromatic N) is 2. The monoisotopic (exact) mass is 238 g/mol. The molecule has 4 heteroatoms. The minimum absolute atomic E-state index is 0.624. The molecule has 0 radical (unpaired) electrons. The van der Waals surface area contributed by atoms with E-state index in [0.717, 1.165) is 17.0 Å². The number of aryl methyl sites for hydroxylation is 1. The maximum Gasteiger partial charge on any atom is 0.0903 e. The standard InChI is InChI=1S/C11H8Cl2N2/c1-7-5-14-6-11(15-7)9-4-8(12)2-3-10(9)13/h2-6H,1H3. The van der Waals surface area contributed by atoms with Gasteiger partial charge in [0.2, 0.25) is 0 Å². The van der Waals surface area contributed by atoms with Crippen molar-refractivity contribution in [2.75, 3.05) is 0 Å². The Kier molecular flexibility index (Phi) is 2.89. The van der Waals surface area contributed by atoms with Crippen LogP contribution in [0.5, 0.6) is 0 Å². The Hall–Kier alpha value is -1.12. The molecule has 0 N–H and O–H groups in total.